The molecule has 120 valence electrons. The zero-order chi connectivity index (χ0) is 15.9. The summed E-state index contributed by atoms with van der Waals surface area (Å²) in [6, 6.07) is 5.27. The molecule has 5 nitrogen and oxygen atoms in total. The molecule has 3 N–H and O–H groups in total. The van der Waals surface area contributed by atoms with Crippen molar-refractivity contribution in [1.82, 2.24) is 0 Å². The summed E-state index contributed by atoms with van der Waals surface area (Å²) >= 11 is 0. The molecule has 0 saturated heterocycles. The third-order valence-electron chi connectivity index (χ3n) is 2.91. The first-order valence-electron chi connectivity index (χ1n) is 6.49. The lowest BCUT2D eigenvalue weighted by Gasteiger charge is -2.19. The fourth-order valence-corrected chi connectivity index (χ4v) is 2.56. The summed E-state index contributed by atoms with van der Waals surface area (Å²) in [5, 5.41) is 3.16. The van der Waals surface area contributed by atoms with Gasteiger partial charge in [0.05, 0.1) is 11.5 Å². The molecule has 21 heavy (non-hydrogen) atoms. The molecule has 1 unspecified atom stereocenters. The number of anilines is 1. The van der Waals surface area contributed by atoms with Crippen molar-refractivity contribution in [3.8, 4) is 0 Å². The Balaban J connectivity index is 2.77. The molecular weight excluding hydrogens is 302 g/mol. The Labute approximate surface area is 123 Å². The second-order valence-electron chi connectivity index (χ2n) is 4.56. The zero-order valence-corrected chi connectivity index (χ0v) is 12.6. The maximum Gasteiger partial charge on any atom is 0.341 e. The van der Waals surface area contributed by atoms with Gasteiger partial charge in [0.15, 0.2) is 0 Å². The highest BCUT2D eigenvalue weighted by Crippen LogP contribution is 2.21. The minimum Gasteiger partial charge on any atom is -0.383 e. The quantitative estimate of drug-likeness (QED) is 0.725. The van der Waals surface area contributed by atoms with Crippen molar-refractivity contribution < 1.29 is 21.9 Å². The maximum absolute atomic E-state index is 12.4. The van der Waals surface area contributed by atoms with Gasteiger partial charge in [-0.3, -0.25) is 0 Å². The number of nitrogens with two attached hydrogens (primary N) is 1. The standard InChI is InChI=1S/C13H20F2N2O3S/c1-20-9-11(3-2-8-16)17-10-4-6-12(7-5-10)21(18,19)13(14)15/h4-7,11,13,17H,2-3,8-9,16H2,1H3. The maximum atomic E-state index is 12.4. The first kappa shape index (κ1) is 17.8. The van der Waals surface area contributed by atoms with E-state index in [-0.39, 0.29) is 6.04 Å². The van der Waals surface area contributed by atoms with E-state index >= 15 is 0 Å². The molecule has 0 amide bonds. The van der Waals surface area contributed by atoms with Gasteiger partial charge >= 0.3 is 5.76 Å². The van der Waals surface area contributed by atoms with E-state index in [9.17, 15) is 17.2 Å². The Morgan fingerprint density at radius 2 is 1.90 bits per heavy atom. The van der Waals surface area contributed by atoms with Crippen molar-refractivity contribution in [2.45, 2.75) is 29.5 Å². The number of sulfone groups is 1. The van der Waals surface area contributed by atoms with Gasteiger partial charge in [-0.15, -0.1) is 0 Å². The summed E-state index contributed by atoms with van der Waals surface area (Å²) in [7, 11) is -2.97. The van der Waals surface area contributed by atoms with Crippen LogP contribution in [0, 0.1) is 0 Å². The summed E-state index contributed by atoms with van der Waals surface area (Å²) in [6.07, 6.45) is 1.61. The van der Waals surface area contributed by atoms with Gasteiger partial charge in [-0.25, -0.2) is 8.42 Å². The van der Waals surface area contributed by atoms with Crippen LogP contribution in [-0.2, 0) is 14.6 Å². The number of benzene rings is 1. The lowest BCUT2D eigenvalue weighted by atomic mass is 10.1. The number of ether oxygens (including phenoxy) is 1. The second kappa shape index (κ2) is 8.26. The number of alkyl halides is 2. The molecular formula is C13H20F2N2O3S. The van der Waals surface area contributed by atoms with E-state index < -0.39 is 20.5 Å². The Kier molecular flexibility index (Phi) is 7.00. The molecule has 0 aliphatic rings. The molecule has 1 atom stereocenters. The van der Waals surface area contributed by atoms with Crippen LogP contribution in [0.15, 0.2) is 29.2 Å². The van der Waals surface area contributed by atoms with Crippen molar-refractivity contribution in [3.63, 3.8) is 0 Å². The molecule has 0 radical (unpaired) electrons. The average molecular weight is 322 g/mol. The van der Waals surface area contributed by atoms with E-state index in [1.807, 2.05) is 0 Å². The van der Waals surface area contributed by atoms with Crippen LogP contribution in [0.2, 0.25) is 0 Å². The van der Waals surface area contributed by atoms with E-state index in [2.05, 4.69) is 5.32 Å². The van der Waals surface area contributed by atoms with Crippen LogP contribution in [0.5, 0.6) is 0 Å². The Morgan fingerprint density at radius 1 is 1.29 bits per heavy atom. The number of halogens is 2. The van der Waals surface area contributed by atoms with Crippen LogP contribution in [0.25, 0.3) is 0 Å². The molecule has 0 spiro atoms. The van der Waals surface area contributed by atoms with Gasteiger partial charge < -0.3 is 15.8 Å². The van der Waals surface area contributed by atoms with Crippen molar-refractivity contribution in [1.29, 1.82) is 0 Å². The SMILES string of the molecule is COCC(CCCN)Nc1ccc(S(=O)(=O)C(F)F)cc1. The smallest absolute Gasteiger partial charge is 0.341 e. The summed E-state index contributed by atoms with van der Waals surface area (Å²) in [5.41, 5.74) is 6.10. The number of hydrogen-bond acceptors (Lipinski definition) is 5. The molecule has 8 heteroatoms. The Morgan fingerprint density at radius 3 is 2.38 bits per heavy atom. The van der Waals surface area contributed by atoms with Crippen molar-refractivity contribution in [3.05, 3.63) is 24.3 Å². The van der Waals surface area contributed by atoms with E-state index in [0.717, 1.165) is 25.0 Å². The molecule has 0 aliphatic carbocycles. The van der Waals surface area contributed by atoms with Gasteiger partial charge in [0.25, 0.3) is 0 Å². The van der Waals surface area contributed by atoms with E-state index in [0.29, 0.717) is 18.8 Å². The van der Waals surface area contributed by atoms with Crippen LogP contribution in [0.3, 0.4) is 0 Å². The third-order valence-corrected chi connectivity index (χ3v) is 4.31. The minimum atomic E-state index is -4.55. The van der Waals surface area contributed by atoms with Gasteiger partial charge in [-0.05, 0) is 43.7 Å². The molecule has 0 fully saturated rings. The molecule has 1 aromatic rings. The third kappa shape index (κ3) is 5.22. The van der Waals surface area contributed by atoms with Gasteiger partial charge in [0.1, 0.15) is 0 Å². The first-order valence-corrected chi connectivity index (χ1v) is 8.04. The predicted molar refractivity (Wildman–Crippen MR) is 77.2 cm³/mol. The normalized spacial score (nSPS) is 13.4. The predicted octanol–water partition coefficient (Wildman–Crippen LogP) is 1.85. The molecule has 0 bridgehead atoms. The lowest BCUT2D eigenvalue weighted by Crippen LogP contribution is -2.25. The summed E-state index contributed by atoms with van der Waals surface area (Å²) in [6.45, 7) is 1.03. The highest BCUT2D eigenvalue weighted by molar-refractivity contribution is 7.91. The number of methoxy groups -OCH3 is 1. The lowest BCUT2D eigenvalue weighted by molar-refractivity contribution is 0.182. The summed E-state index contributed by atoms with van der Waals surface area (Å²) in [4.78, 5) is -0.395. The summed E-state index contributed by atoms with van der Waals surface area (Å²) in [5.74, 6) is -3.41. The Bertz CT molecular complexity index is 521. The fraction of sp³-hybridized carbons (Fsp3) is 0.538. The van der Waals surface area contributed by atoms with Gasteiger partial charge in [0.2, 0.25) is 9.84 Å². The fourth-order valence-electron chi connectivity index (χ4n) is 1.84. The largest absolute Gasteiger partial charge is 0.383 e. The molecule has 1 rings (SSSR count). The summed E-state index contributed by atoms with van der Waals surface area (Å²) < 4.78 is 52.5. The van der Waals surface area contributed by atoms with E-state index in [1.165, 1.54) is 12.1 Å². The second-order valence-corrected chi connectivity index (χ2v) is 6.48. The molecule has 0 aliphatic heterocycles. The number of nitrogens with one attached hydrogen (secondary N) is 1. The van der Waals surface area contributed by atoms with Crippen LogP contribution in [-0.4, -0.2) is 40.5 Å². The average Bonchev–Trinajstić information content (AvgIpc) is 2.45. The first-order chi connectivity index (χ1) is 9.91. The van der Waals surface area contributed by atoms with Crippen LogP contribution in [0.1, 0.15) is 12.8 Å². The number of hydrogen-bond donors (Lipinski definition) is 2. The van der Waals surface area contributed by atoms with E-state index in [1.54, 1.807) is 7.11 Å². The zero-order valence-electron chi connectivity index (χ0n) is 11.8. The van der Waals surface area contributed by atoms with Crippen LogP contribution < -0.4 is 11.1 Å². The van der Waals surface area contributed by atoms with Gasteiger partial charge in [-0.2, -0.15) is 8.78 Å². The Hall–Kier alpha value is -1.25. The molecule has 0 saturated carbocycles. The van der Waals surface area contributed by atoms with Crippen LogP contribution in [0.4, 0.5) is 14.5 Å². The highest BCUT2D eigenvalue weighted by atomic mass is 32.2. The number of rotatable bonds is 9. The van der Waals surface area contributed by atoms with Crippen molar-refractivity contribution in [2.75, 3.05) is 25.6 Å². The molecule has 1 aromatic carbocycles. The van der Waals surface area contributed by atoms with Crippen molar-refractivity contribution in [2.24, 2.45) is 5.73 Å². The topological polar surface area (TPSA) is 81.4 Å². The van der Waals surface area contributed by atoms with Crippen LogP contribution >= 0.6 is 0 Å². The van der Waals surface area contributed by atoms with Crippen molar-refractivity contribution >= 4 is 15.5 Å². The monoisotopic (exact) mass is 322 g/mol. The minimum absolute atomic E-state index is 0.0242. The molecule has 0 heterocycles. The van der Waals surface area contributed by atoms with Gasteiger partial charge in [-0.1, -0.05) is 0 Å². The van der Waals surface area contributed by atoms with E-state index in [4.69, 9.17) is 10.5 Å². The molecule has 0 aromatic heterocycles. The van der Waals surface area contributed by atoms with Gasteiger partial charge in [0, 0.05) is 18.8 Å². The highest BCUT2D eigenvalue weighted by Gasteiger charge is 2.26.